The molecule has 0 atom stereocenters. The van der Waals surface area contributed by atoms with Crippen LogP contribution in [0.5, 0.6) is 0 Å². The molecule has 0 bridgehead atoms. The van der Waals surface area contributed by atoms with Crippen LogP contribution in [0.4, 0.5) is 0 Å². The van der Waals surface area contributed by atoms with Gasteiger partial charge in [0.05, 0.1) is 29.5 Å². The Balaban J connectivity index is 2.41. The van der Waals surface area contributed by atoms with Crippen LogP contribution in [0.1, 0.15) is 16.8 Å². The first-order chi connectivity index (χ1) is 7.59. The van der Waals surface area contributed by atoms with Crippen molar-refractivity contribution in [3.05, 3.63) is 29.8 Å². The first kappa shape index (κ1) is 11.0. The van der Waals surface area contributed by atoms with Crippen LogP contribution in [-0.4, -0.2) is 25.9 Å². The van der Waals surface area contributed by atoms with Crippen molar-refractivity contribution in [2.75, 3.05) is 6.54 Å². The lowest BCUT2D eigenvalue weighted by molar-refractivity contribution is 0.0864. The zero-order valence-electron chi connectivity index (χ0n) is 8.33. The van der Waals surface area contributed by atoms with E-state index in [0.29, 0.717) is 5.56 Å². The Kier molecular flexibility index (Phi) is 2.59. The minimum atomic E-state index is -3.24. The largest absolute Gasteiger partial charge is 0.277 e. The Morgan fingerprint density at radius 2 is 2.06 bits per heavy atom. The summed E-state index contributed by atoms with van der Waals surface area (Å²) in [6.07, 6.45) is 0.0790. The summed E-state index contributed by atoms with van der Waals surface area (Å²) in [6.45, 7) is 0.0341. The molecule has 0 spiro atoms. The van der Waals surface area contributed by atoms with E-state index in [2.05, 4.69) is 0 Å². The molecule has 1 aliphatic heterocycles. The second-order valence-electron chi connectivity index (χ2n) is 3.33. The normalized spacial score (nSPS) is 19.1. The van der Waals surface area contributed by atoms with E-state index in [1.807, 2.05) is 6.07 Å². The molecule has 0 saturated heterocycles. The van der Waals surface area contributed by atoms with Gasteiger partial charge in [0.2, 0.25) is 0 Å². The molecule has 0 radical (unpaired) electrons. The summed E-state index contributed by atoms with van der Waals surface area (Å²) in [5.74, 6) is -0.425. The molecule has 0 aliphatic carbocycles. The lowest BCUT2D eigenvalue weighted by Gasteiger charge is -2.36. The van der Waals surface area contributed by atoms with E-state index in [1.54, 1.807) is 18.2 Å². The molecule has 1 amide bonds. The van der Waals surface area contributed by atoms with Gasteiger partial charge in [-0.3, -0.25) is 13.9 Å². The zero-order valence-corrected chi connectivity index (χ0v) is 9.15. The van der Waals surface area contributed by atoms with Crippen LogP contribution in [0, 0.1) is 11.3 Å². The maximum Gasteiger partial charge on any atom is 0.274 e. The Labute approximate surface area is 94.4 Å². The molecule has 2 N–H and O–H groups in total. The fraction of sp³-hybridized carbons (Fsp3) is 0.200. The predicted octanol–water partition coefficient (Wildman–Crippen LogP) is 2.08. The van der Waals surface area contributed by atoms with Crippen molar-refractivity contribution >= 4 is 16.7 Å². The van der Waals surface area contributed by atoms with Gasteiger partial charge in [-0.15, -0.1) is 0 Å². The monoisotopic (exact) mass is 238 g/mol. The Hall–Kier alpha value is -1.55. The molecule has 0 fully saturated rings. The van der Waals surface area contributed by atoms with Gasteiger partial charge in [0.15, 0.2) is 0 Å². The number of rotatable bonds is 2. The summed E-state index contributed by atoms with van der Waals surface area (Å²) < 4.78 is 20.8. The van der Waals surface area contributed by atoms with Gasteiger partial charge in [0.1, 0.15) is 0 Å². The van der Waals surface area contributed by atoms with Crippen molar-refractivity contribution < 1.29 is 13.9 Å². The highest BCUT2D eigenvalue weighted by Gasteiger charge is 2.40. The molecule has 1 aliphatic rings. The van der Waals surface area contributed by atoms with E-state index >= 15 is 0 Å². The highest BCUT2D eigenvalue weighted by Crippen LogP contribution is 2.58. The molecule has 1 aromatic carbocycles. The molecule has 16 heavy (non-hydrogen) atoms. The maximum absolute atomic E-state index is 11.8. The summed E-state index contributed by atoms with van der Waals surface area (Å²) >= 11 is 0. The van der Waals surface area contributed by atoms with Crippen molar-refractivity contribution in [3.63, 3.8) is 0 Å². The smallest absolute Gasteiger partial charge is 0.274 e. The van der Waals surface area contributed by atoms with Gasteiger partial charge in [-0.2, -0.15) is 5.26 Å². The molecule has 5 nitrogen and oxygen atoms in total. The van der Waals surface area contributed by atoms with Gasteiger partial charge in [0.25, 0.3) is 5.91 Å². The summed E-state index contributed by atoms with van der Waals surface area (Å²) in [5, 5.41) is 8.46. The molecule has 84 valence electrons. The first-order valence-corrected chi connectivity index (χ1v) is 6.15. The summed E-state index contributed by atoms with van der Waals surface area (Å²) in [7, 11) is -3.24. The van der Waals surface area contributed by atoms with Crippen LogP contribution >= 0.6 is 10.8 Å². The Bertz CT molecular complexity index is 481. The number of nitriles is 1. The second-order valence-corrected chi connectivity index (χ2v) is 5.25. The summed E-state index contributed by atoms with van der Waals surface area (Å²) in [4.78, 5) is 12.1. The van der Waals surface area contributed by atoms with Crippen molar-refractivity contribution in [3.8, 4) is 6.07 Å². The molecule has 2 rings (SSSR count). The number of amides is 1. The van der Waals surface area contributed by atoms with Gasteiger partial charge in [-0.1, -0.05) is 22.9 Å². The molecule has 0 unspecified atom stereocenters. The van der Waals surface area contributed by atoms with E-state index in [4.69, 9.17) is 5.26 Å². The van der Waals surface area contributed by atoms with Crippen molar-refractivity contribution in [1.82, 2.24) is 4.31 Å². The molecular weight excluding hydrogens is 228 g/mol. The van der Waals surface area contributed by atoms with E-state index in [-0.39, 0.29) is 17.9 Å². The number of hydrogen-bond donors (Lipinski definition) is 2. The van der Waals surface area contributed by atoms with E-state index in [9.17, 15) is 13.9 Å². The van der Waals surface area contributed by atoms with E-state index in [0.717, 1.165) is 4.31 Å². The lowest BCUT2D eigenvalue weighted by atomic mass is 10.2. The molecular formula is C10H10N2O3S. The van der Waals surface area contributed by atoms with Crippen LogP contribution in [0.3, 0.4) is 0 Å². The average molecular weight is 238 g/mol. The number of benzene rings is 1. The number of hydrogen-bond acceptors (Lipinski definition) is 4. The van der Waals surface area contributed by atoms with Gasteiger partial charge >= 0.3 is 0 Å². The first-order valence-electron chi connectivity index (χ1n) is 4.65. The quantitative estimate of drug-likeness (QED) is 0.826. The minimum Gasteiger partial charge on any atom is -0.277 e. The number of carbonyl (C=O) groups excluding carboxylic acids is 1. The van der Waals surface area contributed by atoms with Crippen LogP contribution < -0.4 is 0 Å². The van der Waals surface area contributed by atoms with Crippen LogP contribution in [-0.2, 0) is 0 Å². The fourth-order valence-corrected chi connectivity index (χ4v) is 3.26. The molecule has 1 aromatic rings. The third-order valence-corrected chi connectivity index (χ3v) is 4.28. The average Bonchev–Trinajstić information content (AvgIpc) is 2.46. The predicted molar refractivity (Wildman–Crippen MR) is 58.8 cm³/mol. The topological polar surface area (TPSA) is 84.6 Å². The van der Waals surface area contributed by atoms with Gasteiger partial charge < -0.3 is 0 Å². The van der Waals surface area contributed by atoms with Gasteiger partial charge in [-0.05, 0) is 12.1 Å². The third kappa shape index (κ3) is 1.46. The summed E-state index contributed by atoms with van der Waals surface area (Å²) in [6, 6.07) is 8.27. The highest BCUT2D eigenvalue weighted by atomic mass is 32.3. The molecule has 6 heteroatoms. The zero-order chi connectivity index (χ0) is 11.8. The third-order valence-electron chi connectivity index (χ3n) is 2.37. The molecule has 0 saturated carbocycles. The summed E-state index contributed by atoms with van der Waals surface area (Å²) in [5.41, 5.74) is 0.306. The van der Waals surface area contributed by atoms with E-state index < -0.39 is 16.7 Å². The minimum absolute atomic E-state index is 0.0341. The van der Waals surface area contributed by atoms with Crippen molar-refractivity contribution in [1.29, 1.82) is 5.26 Å². The standard InChI is InChI=1S/C10H10N2O3S/c11-6-3-7-12-10(13)8-4-1-2-5-9(8)16(12,14)15/h1-2,4-5,14-15H,3,7H2. The van der Waals surface area contributed by atoms with Gasteiger partial charge in [0, 0.05) is 0 Å². The van der Waals surface area contributed by atoms with Crippen LogP contribution in [0.15, 0.2) is 29.2 Å². The number of fused-ring (bicyclic) bond motifs is 1. The Morgan fingerprint density at radius 3 is 2.69 bits per heavy atom. The number of nitrogens with zero attached hydrogens (tertiary/aromatic N) is 2. The van der Waals surface area contributed by atoms with Crippen molar-refractivity contribution in [2.24, 2.45) is 0 Å². The molecule has 1 heterocycles. The maximum atomic E-state index is 11.8. The van der Waals surface area contributed by atoms with Crippen LogP contribution in [0.25, 0.3) is 0 Å². The SMILES string of the molecule is N#CCCN1C(=O)c2ccccc2S1(O)O. The second kappa shape index (κ2) is 3.79. The molecule has 0 aromatic heterocycles. The van der Waals surface area contributed by atoms with E-state index in [1.165, 1.54) is 6.07 Å². The van der Waals surface area contributed by atoms with Gasteiger partial charge in [-0.25, -0.2) is 4.31 Å². The fourth-order valence-electron chi connectivity index (χ4n) is 1.63. The Morgan fingerprint density at radius 1 is 1.38 bits per heavy atom. The number of carbonyl (C=O) groups is 1. The van der Waals surface area contributed by atoms with Crippen LogP contribution in [0.2, 0.25) is 0 Å². The lowest BCUT2D eigenvalue weighted by Crippen LogP contribution is -2.28. The highest BCUT2D eigenvalue weighted by molar-refractivity contribution is 8.23. The van der Waals surface area contributed by atoms with Crippen molar-refractivity contribution in [2.45, 2.75) is 11.3 Å².